The van der Waals surface area contributed by atoms with Crippen molar-refractivity contribution in [2.75, 3.05) is 47.2 Å². The highest BCUT2D eigenvalue weighted by molar-refractivity contribution is 6.32. The van der Waals surface area contributed by atoms with Gasteiger partial charge in [0.15, 0.2) is 5.78 Å². The summed E-state index contributed by atoms with van der Waals surface area (Å²) >= 11 is 0. The van der Waals surface area contributed by atoms with Crippen molar-refractivity contribution in [2.45, 2.75) is 6.92 Å². The minimum atomic E-state index is -0.236. The van der Waals surface area contributed by atoms with Crippen LogP contribution in [0.5, 0.6) is 0 Å². The average Bonchev–Trinajstić information content (AvgIpc) is 3.21. The fraction of sp³-hybridized carbons (Fsp3) is 0.179. The van der Waals surface area contributed by atoms with Crippen molar-refractivity contribution in [2.24, 2.45) is 0 Å². The van der Waals surface area contributed by atoms with Crippen LogP contribution in [0.25, 0.3) is 5.57 Å². The number of morpholine rings is 1. The van der Waals surface area contributed by atoms with Crippen molar-refractivity contribution >= 4 is 45.9 Å². The fourth-order valence-electron chi connectivity index (χ4n) is 4.33. The normalized spacial score (nSPS) is 15.9. The molecule has 2 aliphatic heterocycles. The second kappa shape index (κ2) is 10.1. The lowest BCUT2D eigenvalue weighted by atomic mass is 9.98. The molecule has 0 atom stereocenters. The SMILES string of the molecule is CC(=O)Nc1cccc(C(=O)c2ccc3c(c2)/C(=C\Nc2ccc(N4CCOCC4)cc2)C(=O)N3)c1. The third kappa shape index (κ3) is 4.99. The molecule has 0 saturated carbocycles. The topological polar surface area (TPSA) is 99.8 Å². The molecule has 36 heavy (non-hydrogen) atoms. The second-order valence-electron chi connectivity index (χ2n) is 8.65. The van der Waals surface area contributed by atoms with Crippen LogP contribution >= 0.6 is 0 Å². The first-order valence-corrected chi connectivity index (χ1v) is 11.8. The monoisotopic (exact) mass is 482 g/mol. The number of hydrogen-bond acceptors (Lipinski definition) is 6. The molecule has 3 aromatic rings. The van der Waals surface area contributed by atoms with Gasteiger partial charge in [-0.05, 0) is 54.6 Å². The predicted molar refractivity (Wildman–Crippen MR) is 140 cm³/mol. The summed E-state index contributed by atoms with van der Waals surface area (Å²) in [6.07, 6.45) is 1.66. The molecule has 0 bridgehead atoms. The van der Waals surface area contributed by atoms with Crippen molar-refractivity contribution < 1.29 is 19.1 Å². The van der Waals surface area contributed by atoms with Gasteiger partial charge in [-0.1, -0.05) is 12.1 Å². The van der Waals surface area contributed by atoms with Crippen molar-refractivity contribution in [1.29, 1.82) is 0 Å². The maximum atomic E-state index is 13.1. The van der Waals surface area contributed by atoms with Crippen LogP contribution in [0.2, 0.25) is 0 Å². The number of hydrogen-bond donors (Lipinski definition) is 3. The number of benzene rings is 3. The number of ketones is 1. The Morgan fingerprint density at radius 1 is 0.944 bits per heavy atom. The number of carbonyl (C=O) groups is 3. The Hall–Kier alpha value is -4.43. The second-order valence-corrected chi connectivity index (χ2v) is 8.65. The Balaban J connectivity index is 1.35. The van der Waals surface area contributed by atoms with Crippen molar-refractivity contribution in [1.82, 2.24) is 0 Å². The molecule has 0 radical (unpaired) electrons. The molecule has 0 unspecified atom stereocenters. The van der Waals surface area contributed by atoms with Gasteiger partial charge in [0.25, 0.3) is 5.91 Å². The summed E-state index contributed by atoms with van der Waals surface area (Å²) in [5.74, 6) is -0.644. The molecule has 182 valence electrons. The standard InChI is InChI=1S/C28H26N4O4/c1-18(33)30-22-4-2-3-19(15-22)27(34)20-5-10-26-24(16-20)25(28(35)31-26)17-29-21-6-8-23(9-7-21)32-11-13-36-14-12-32/h2-10,15-17,29H,11-14H2,1H3,(H,30,33)(H,31,35)/b25-17+. The Morgan fingerprint density at radius 3 is 2.44 bits per heavy atom. The van der Waals surface area contributed by atoms with Gasteiger partial charge < -0.3 is 25.6 Å². The Labute approximate surface area is 209 Å². The third-order valence-electron chi connectivity index (χ3n) is 6.14. The number of ether oxygens (including phenoxy) is 1. The van der Waals surface area contributed by atoms with Gasteiger partial charge in [0.2, 0.25) is 5.91 Å². The predicted octanol–water partition coefficient (Wildman–Crippen LogP) is 4.12. The molecule has 3 N–H and O–H groups in total. The average molecular weight is 483 g/mol. The molecule has 8 heteroatoms. The fourth-order valence-corrected chi connectivity index (χ4v) is 4.33. The van der Waals surface area contributed by atoms with Crippen LogP contribution in [0.1, 0.15) is 28.4 Å². The van der Waals surface area contributed by atoms with Crippen LogP contribution in [0, 0.1) is 0 Å². The zero-order valence-electron chi connectivity index (χ0n) is 19.8. The Kier molecular flexibility index (Phi) is 6.51. The molecule has 8 nitrogen and oxygen atoms in total. The number of amides is 2. The Morgan fingerprint density at radius 2 is 1.69 bits per heavy atom. The summed E-state index contributed by atoms with van der Waals surface area (Å²) in [5.41, 5.74) is 5.18. The molecule has 1 fully saturated rings. The van der Waals surface area contributed by atoms with Gasteiger partial charge in [-0.3, -0.25) is 14.4 Å². The van der Waals surface area contributed by atoms with E-state index in [9.17, 15) is 14.4 Å². The molecular formula is C28H26N4O4. The van der Waals surface area contributed by atoms with E-state index < -0.39 is 0 Å². The summed E-state index contributed by atoms with van der Waals surface area (Å²) < 4.78 is 5.41. The van der Waals surface area contributed by atoms with Gasteiger partial charge in [-0.15, -0.1) is 0 Å². The number of fused-ring (bicyclic) bond motifs is 1. The molecule has 0 spiro atoms. The highest BCUT2D eigenvalue weighted by atomic mass is 16.5. The van der Waals surface area contributed by atoms with Gasteiger partial charge in [0, 0.05) is 65.7 Å². The van der Waals surface area contributed by atoms with E-state index in [1.165, 1.54) is 6.92 Å². The summed E-state index contributed by atoms with van der Waals surface area (Å²) in [7, 11) is 0. The molecule has 5 rings (SSSR count). The highest BCUT2D eigenvalue weighted by Crippen LogP contribution is 2.33. The largest absolute Gasteiger partial charge is 0.378 e. The molecule has 2 aliphatic rings. The summed E-state index contributed by atoms with van der Waals surface area (Å²) in [4.78, 5) is 39.4. The van der Waals surface area contributed by atoms with E-state index in [0.29, 0.717) is 33.6 Å². The van der Waals surface area contributed by atoms with Crippen LogP contribution in [0.4, 0.5) is 22.7 Å². The summed E-state index contributed by atoms with van der Waals surface area (Å²) in [6, 6.07) is 19.9. The van der Waals surface area contributed by atoms with Gasteiger partial charge in [-0.25, -0.2) is 0 Å². The lowest BCUT2D eigenvalue weighted by molar-refractivity contribution is -0.114. The van der Waals surface area contributed by atoms with Gasteiger partial charge in [0.1, 0.15) is 0 Å². The third-order valence-corrected chi connectivity index (χ3v) is 6.14. The smallest absolute Gasteiger partial charge is 0.257 e. The van der Waals surface area contributed by atoms with E-state index >= 15 is 0 Å². The zero-order chi connectivity index (χ0) is 25.1. The minimum absolute atomic E-state index is 0.199. The van der Waals surface area contributed by atoms with Crippen LogP contribution in [-0.4, -0.2) is 43.9 Å². The lowest BCUT2D eigenvalue weighted by Gasteiger charge is -2.28. The van der Waals surface area contributed by atoms with Gasteiger partial charge in [0.05, 0.1) is 18.8 Å². The van der Waals surface area contributed by atoms with E-state index in [0.717, 1.165) is 37.7 Å². The number of nitrogens with one attached hydrogen (secondary N) is 3. The van der Waals surface area contributed by atoms with Crippen LogP contribution < -0.4 is 20.9 Å². The maximum Gasteiger partial charge on any atom is 0.257 e. The first-order chi connectivity index (χ1) is 17.5. The van der Waals surface area contributed by atoms with E-state index in [-0.39, 0.29) is 17.6 Å². The zero-order valence-corrected chi connectivity index (χ0v) is 19.8. The van der Waals surface area contributed by atoms with Crippen molar-refractivity contribution in [3.63, 3.8) is 0 Å². The first-order valence-electron chi connectivity index (χ1n) is 11.8. The molecule has 0 aromatic heterocycles. The summed E-state index contributed by atoms with van der Waals surface area (Å²) in [5, 5.41) is 8.74. The lowest BCUT2D eigenvalue weighted by Crippen LogP contribution is -2.36. The van der Waals surface area contributed by atoms with Crippen LogP contribution in [0.15, 0.2) is 72.9 Å². The maximum absolute atomic E-state index is 13.1. The molecule has 1 saturated heterocycles. The quantitative estimate of drug-likeness (QED) is 0.361. The minimum Gasteiger partial charge on any atom is -0.378 e. The summed E-state index contributed by atoms with van der Waals surface area (Å²) in [6.45, 7) is 4.61. The van der Waals surface area contributed by atoms with E-state index in [1.807, 2.05) is 24.3 Å². The highest BCUT2D eigenvalue weighted by Gasteiger charge is 2.25. The van der Waals surface area contributed by atoms with E-state index in [4.69, 9.17) is 4.74 Å². The number of nitrogens with zero attached hydrogens (tertiary/aromatic N) is 1. The Bertz CT molecular complexity index is 1360. The number of rotatable bonds is 6. The molecule has 3 aromatic carbocycles. The number of anilines is 4. The molecular weight excluding hydrogens is 456 g/mol. The molecule has 2 heterocycles. The van der Waals surface area contributed by atoms with Crippen LogP contribution in [-0.2, 0) is 14.3 Å². The van der Waals surface area contributed by atoms with E-state index in [2.05, 4.69) is 20.9 Å². The number of carbonyl (C=O) groups excluding carboxylic acids is 3. The van der Waals surface area contributed by atoms with E-state index in [1.54, 1.807) is 48.7 Å². The molecule has 2 amide bonds. The first kappa shape index (κ1) is 23.3. The van der Waals surface area contributed by atoms with Gasteiger partial charge >= 0.3 is 0 Å². The van der Waals surface area contributed by atoms with Gasteiger partial charge in [-0.2, -0.15) is 0 Å². The van der Waals surface area contributed by atoms with Crippen LogP contribution in [0.3, 0.4) is 0 Å². The van der Waals surface area contributed by atoms with Crippen molar-refractivity contribution in [3.8, 4) is 0 Å². The van der Waals surface area contributed by atoms with Crippen molar-refractivity contribution in [3.05, 3.63) is 89.6 Å². The molecule has 0 aliphatic carbocycles.